The Morgan fingerprint density at radius 2 is 2.19 bits per heavy atom. The molecule has 0 saturated carbocycles. The van der Waals surface area contributed by atoms with Crippen molar-refractivity contribution in [1.29, 1.82) is 0 Å². The minimum atomic E-state index is -0.422. The summed E-state index contributed by atoms with van der Waals surface area (Å²) in [7, 11) is 0. The summed E-state index contributed by atoms with van der Waals surface area (Å²) in [6.07, 6.45) is 0. The molecule has 3 N–H and O–H groups in total. The molecule has 0 heterocycles. The van der Waals surface area contributed by atoms with Crippen molar-refractivity contribution in [3.05, 3.63) is 33.3 Å². The molecule has 0 atom stereocenters. The third kappa shape index (κ3) is 4.12. The van der Waals surface area contributed by atoms with E-state index in [2.05, 4.69) is 21.2 Å². The van der Waals surface area contributed by atoms with Crippen LogP contribution >= 0.6 is 27.5 Å². The van der Waals surface area contributed by atoms with Crippen molar-refractivity contribution in [2.24, 2.45) is 5.73 Å². The summed E-state index contributed by atoms with van der Waals surface area (Å²) in [5.41, 5.74) is 5.87. The van der Waals surface area contributed by atoms with E-state index in [0.717, 1.165) is 4.47 Å². The highest BCUT2D eigenvalue weighted by atomic mass is 79.9. The molecule has 16 heavy (non-hydrogen) atoms. The molecule has 1 amide bonds. The predicted molar refractivity (Wildman–Crippen MR) is 69.8 cm³/mol. The molecule has 0 radical (unpaired) electrons. The van der Waals surface area contributed by atoms with Gasteiger partial charge in [0.05, 0.1) is 5.02 Å². The van der Waals surface area contributed by atoms with Crippen LogP contribution in [0.25, 0.3) is 0 Å². The van der Waals surface area contributed by atoms with Crippen LogP contribution in [-0.2, 0) is 0 Å². The van der Waals surface area contributed by atoms with Crippen molar-refractivity contribution >= 4 is 33.4 Å². The van der Waals surface area contributed by atoms with Crippen LogP contribution in [0, 0.1) is 0 Å². The number of carbonyl (C=O) groups excluding carboxylic acids is 1. The minimum Gasteiger partial charge on any atom is -0.350 e. The summed E-state index contributed by atoms with van der Waals surface area (Å²) >= 11 is 9.16. The monoisotopic (exact) mass is 304 g/mol. The van der Waals surface area contributed by atoms with E-state index >= 15 is 0 Å². The summed E-state index contributed by atoms with van der Waals surface area (Å²) in [6, 6.07) is 5.06. The molecular formula is C11H14BrClN2O. The van der Waals surface area contributed by atoms with Gasteiger partial charge in [0.25, 0.3) is 5.91 Å². The maximum Gasteiger partial charge on any atom is 0.251 e. The molecular weight excluding hydrogens is 291 g/mol. The molecule has 5 heteroatoms. The first kappa shape index (κ1) is 13.5. The van der Waals surface area contributed by atoms with E-state index in [-0.39, 0.29) is 5.91 Å². The van der Waals surface area contributed by atoms with E-state index in [1.807, 2.05) is 13.8 Å². The van der Waals surface area contributed by atoms with Crippen LogP contribution in [0.5, 0.6) is 0 Å². The molecule has 3 nitrogen and oxygen atoms in total. The van der Waals surface area contributed by atoms with Crippen LogP contribution in [0.15, 0.2) is 22.7 Å². The highest BCUT2D eigenvalue weighted by Gasteiger charge is 2.13. The number of hydrogen-bond acceptors (Lipinski definition) is 2. The number of halogens is 2. The molecule has 88 valence electrons. The highest BCUT2D eigenvalue weighted by Crippen LogP contribution is 2.23. The summed E-state index contributed by atoms with van der Waals surface area (Å²) < 4.78 is 0.768. The van der Waals surface area contributed by atoms with E-state index in [4.69, 9.17) is 17.3 Å². The van der Waals surface area contributed by atoms with Gasteiger partial charge < -0.3 is 11.1 Å². The largest absolute Gasteiger partial charge is 0.350 e. The minimum absolute atomic E-state index is 0.173. The average molecular weight is 306 g/mol. The normalized spacial score (nSPS) is 11.3. The van der Waals surface area contributed by atoms with Gasteiger partial charge in [-0.25, -0.2) is 0 Å². The number of amides is 1. The Bertz CT molecular complexity index is 401. The molecule has 0 bridgehead atoms. The Hall–Kier alpha value is -0.580. The molecule has 1 aromatic rings. The third-order valence-electron chi connectivity index (χ3n) is 1.89. The Kier molecular flexibility index (Phi) is 4.35. The van der Waals surface area contributed by atoms with Gasteiger partial charge in [0.1, 0.15) is 0 Å². The molecule has 0 aliphatic heterocycles. The van der Waals surface area contributed by atoms with Crippen LogP contribution in [0.4, 0.5) is 0 Å². The number of nitrogens with one attached hydrogen (secondary N) is 1. The van der Waals surface area contributed by atoms with E-state index in [1.54, 1.807) is 18.2 Å². The lowest BCUT2D eigenvalue weighted by Gasteiger charge is -2.18. The summed E-state index contributed by atoms with van der Waals surface area (Å²) in [6.45, 7) is 4.11. The fourth-order valence-electron chi connectivity index (χ4n) is 1.05. The standard InChI is InChI=1S/C11H14BrClN2O/c1-11(2,14)6-15-10(16)7-3-4-8(12)9(13)5-7/h3-5H,6,14H2,1-2H3,(H,15,16). The molecule has 0 aliphatic rings. The molecule has 1 rings (SSSR count). The molecule has 0 fully saturated rings. The highest BCUT2D eigenvalue weighted by molar-refractivity contribution is 9.10. The maximum atomic E-state index is 11.7. The number of benzene rings is 1. The van der Waals surface area contributed by atoms with Crippen LogP contribution in [0.2, 0.25) is 5.02 Å². The first-order valence-electron chi connectivity index (χ1n) is 4.82. The van der Waals surface area contributed by atoms with Crippen molar-refractivity contribution in [2.45, 2.75) is 19.4 Å². The zero-order chi connectivity index (χ0) is 12.3. The van der Waals surface area contributed by atoms with Crippen LogP contribution in [0.1, 0.15) is 24.2 Å². The molecule has 0 aromatic heterocycles. The lowest BCUT2D eigenvalue weighted by molar-refractivity contribution is 0.0946. The van der Waals surface area contributed by atoms with Crippen LogP contribution < -0.4 is 11.1 Å². The van der Waals surface area contributed by atoms with Crippen molar-refractivity contribution in [3.8, 4) is 0 Å². The van der Waals surface area contributed by atoms with Crippen molar-refractivity contribution in [3.63, 3.8) is 0 Å². The van der Waals surface area contributed by atoms with Gasteiger partial charge in [0.15, 0.2) is 0 Å². The summed E-state index contributed by atoms with van der Waals surface area (Å²) in [5, 5.41) is 3.26. The quantitative estimate of drug-likeness (QED) is 0.902. The van der Waals surface area contributed by atoms with Gasteiger partial charge in [-0.3, -0.25) is 4.79 Å². The van der Waals surface area contributed by atoms with Gasteiger partial charge in [-0.1, -0.05) is 11.6 Å². The second-order valence-corrected chi connectivity index (χ2v) is 5.56. The van der Waals surface area contributed by atoms with Gasteiger partial charge >= 0.3 is 0 Å². The van der Waals surface area contributed by atoms with Gasteiger partial charge in [-0.05, 0) is 48.0 Å². The first-order chi connectivity index (χ1) is 7.29. The van der Waals surface area contributed by atoms with Crippen LogP contribution in [-0.4, -0.2) is 18.0 Å². The van der Waals surface area contributed by atoms with E-state index in [1.165, 1.54) is 0 Å². The Labute approximate surface area is 108 Å². The van der Waals surface area contributed by atoms with Crippen molar-refractivity contribution in [1.82, 2.24) is 5.32 Å². The molecule has 1 aromatic carbocycles. The molecule has 0 saturated heterocycles. The van der Waals surface area contributed by atoms with E-state index in [9.17, 15) is 4.79 Å². The molecule has 0 spiro atoms. The smallest absolute Gasteiger partial charge is 0.251 e. The SMILES string of the molecule is CC(C)(N)CNC(=O)c1ccc(Br)c(Cl)c1. The number of carbonyl (C=O) groups is 1. The van der Waals surface area contributed by atoms with Crippen LogP contribution in [0.3, 0.4) is 0 Å². The Balaban J connectivity index is 2.70. The number of rotatable bonds is 3. The zero-order valence-electron chi connectivity index (χ0n) is 9.18. The lowest BCUT2D eigenvalue weighted by atomic mass is 10.1. The summed E-state index contributed by atoms with van der Waals surface area (Å²) in [4.78, 5) is 11.7. The van der Waals surface area contributed by atoms with Gasteiger partial charge in [-0.2, -0.15) is 0 Å². The number of hydrogen-bond donors (Lipinski definition) is 2. The fourth-order valence-corrected chi connectivity index (χ4v) is 1.47. The second-order valence-electron chi connectivity index (χ2n) is 4.30. The Morgan fingerprint density at radius 1 is 1.56 bits per heavy atom. The zero-order valence-corrected chi connectivity index (χ0v) is 11.5. The second kappa shape index (κ2) is 5.17. The third-order valence-corrected chi connectivity index (χ3v) is 3.12. The fraction of sp³-hybridized carbons (Fsp3) is 0.364. The molecule has 0 unspecified atom stereocenters. The number of nitrogens with two attached hydrogens (primary N) is 1. The van der Waals surface area contributed by atoms with Gasteiger partial charge in [0.2, 0.25) is 0 Å². The lowest BCUT2D eigenvalue weighted by Crippen LogP contribution is -2.45. The van der Waals surface area contributed by atoms with Gasteiger partial charge in [-0.15, -0.1) is 0 Å². The van der Waals surface area contributed by atoms with E-state index in [0.29, 0.717) is 17.1 Å². The van der Waals surface area contributed by atoms with E-state index < -0.39 is 5.54 Å². The predicted octanol–water partition coefficient (Wildman–Crippen LogP) is 2.57. The van der Waals surface area contributed by atoms with Crippen molar-refractivity contribution < 1.29 is 4.79 Å². The van der Waals surface area contributed by atoms with Crippen molar-refractivity contribution in [2.75, 3.05) is 6.54 Å². The average Bonchev–Trinajstić information content (AvgIpc) is 2.17. The topological polar surface area (TPSA) is 55.1 Å². The Morgan fingerprint density at radius 3 is 2.69 bits per heavy atom. The first-order valence-corrected chi connectivity index (χ1v) is 5.99. The van der Waals surface area contributed by atoms with Gasteiger partial charge in [0, 0.05) is 22.1 Å². The summed E-state index contributed by atoms with van der Waals surface area (Å²) in [5.74, 6) is -0.173. The maximum absolute atomic E-state index is 11.7. The molecule has 0 aliphatic carbocycles.